The summed E-state index contributed by atoms with van der Waals surface area (Å²) in [6.07, 6.45) is 6.57. The fourth-order valence-electron chi connectivity index (χ4n) is 3.25. The third-order valence-corrected chi connectivity index (χ3v) is 5.20. The lowest BCUT2D eigenvalue weighted by atomic mass is 10.0. The normalized spacial score (nSPS) is 11.2. The monoisotopic (exact) mass is 491 g/mol. The van der Waals surface area contributed by atoms with Crippen molar-refractivity contribution in [3.05, 3.63) is 66.7 Å². The number of benzene rings is 2. The van der Waals surface area contributed by atoms with Gasteiger partial charge in [-0.25, -0.2) is 4.98 Å². The number of nitrogens with one attached hydrogen (secondary N) is 2. The highest BCUT2D eigenvalue weighted by molar-refractivity contribution is 6.39. The number of amides is 2. The highest BCUT2D eigenvalue weighted by Crippen LogP contribution is 2.32. The van der Waals surface area contributed by atoms with Crippen molar-refractivity contribution in [2.75, 3.05) is 19.0 Å². The summed E-state index contributed by atoms with van der Waals surface area (Å²) in [5, 5.41) is 5.32. The zero-order valence-electron chi connectivity index (χ0n) is 20.7. The van der Waals surface area contributed by atoms with Gasteiger partial charge in [-0.1, -0.05) is 18.2 Å². The van der Waals surface area contributed by atoms with Gasteiger partial charge < -0.3 is 24.5 Å². The Labute approximate surface area is 209 Å². The molecule has 2 amide bonds. The third kappa shape index (κ3) is 7.56. The number of ether oxygens (including phenoxy) is 2. The molecule has 0 bridgehead atoms. The van der Waals surface area contributed by atoms with Gasteiger partial charge in [-0.15, -0.1) is 0 Å². The summed E-state index contributed by atoms with van der Waals surface area (Å²) < 4.78 is 16.4. The number of aromatic nitrogens is 1. The van der Waals surface area contributed by atoms with Crippen LogP contribution in [0.25, 0.3) is 17.4 Å². The van der Waals surface area contributed by atoms with Crippen LogP contribution in [-0.4, -0.2) is 41.8 Å². The van der Waals surface area contributed by atoms with Gasteiger partial charge in [0.2, 0.25) is 0 Å². The first-order valence-electron chi connectivity index (χ1n) is 11.3. The fourth-order valence-corrected chi connectivity index (χ4v) is 3.25. The van der Waals surface area contributed by atoms with Gasteiger partial charge in [-0.3, -0.25) is 14.4 Å². The number of hydrogen-bond donors (Lipinski definition) is 2. The molecular formula is C27H29N3O6. The fraction of sp³-hybridized carbons (Fsp3) is 0.259. The molecule has 3 aromatic rings. The molecule has 0 aliphatic rings. The van der Waals surface area contributed by atoms with Crippen molar-refractivity contribution in [2.45, 2.75) is 32.7 Å². The summed E-state index contributed by atoms with van der Waals surface area (Å²) in [6, 6.07) is 12.3. The van der Waals surface area contributed by atoms with E-state index in [4.69, 9.17) is 13.9 Å². The Bertz CT molecular complexity index is 1230. The number of ketones is 1. The van der Waals surface area contributed by atoms with E-state index < -0.39 is 17.4 Å². The predicted octanol–water partition coefficient (Wildman–Crippen LogP) is 4.25. The molecule has 36 heavy (non-hydrogen) atoms. The molecular weight excluding hydrogens is 462 g/mol. The maximum Gasteiger partial charge on any atom is 0.313 e. The number of nitrogens with zero attached hydrogens (tertiary/aromatic N) is 1. The van der Waals surface area contributed by atoms with E-state index >= 15 is 0 Å². The second-order valence-corrected chi connectivity index (χ2v) is 8.68. The van der Waals surface area contributed by atoms with Crippen molar-refractivity contribution in [3.63, 3.8) is 0 Å². The molecule has 0 saturated heterocycles. The lowest BCUT2D eigenvalue weighted by Crippen LogP contribution is -2.48. The molecule has 3 rings (SSSR count). The molecule has 0 spiro atoms. The first-order valence-corrected chi connectivity index (χ1v) is 11.3. The van der Waals surface area contributed by atoms with Crippen molar-refractivity contribution >= 4 is 29.4 Å². The number of anilines is 1. The molecule has 2 N–H and O–H groups in total. The average Bonchev–Trinajstić information content (AvgIpc) is 3.37. The van der Waals surface area contributed by atoms with E-state index in [1.54, 1.807) is 42.6 Å². The minimum absolute atomic E-state index is 0.0197. The van der Waals surface area contributed by atoms with Gasteiger partial charge in [-0.05, 0) is 56.7 Å². The van der Waals surface area contributed by atoms with E-state index in [9.17, 15) is 14.4 Å². The van der Waals surface area contributed by atoms with Crippen molar-refractivity contribution in [2.24, 2.45) is 0 Å². The Morgan fingerprint density at radius 1 is 1.08 bits per heavy atom. The van der Waals surface area contributed by atoms with E-state index in [2.05, 4.69) is 15.6 Å². The van der Waals surface area contributed by atoms with Crippen LogP contribution in [0.5, 0.6) is 11.5 Å². The van der Waals surface area contributed by atoms with Crippen LogP contribution >= 0.6 is 0 Å². The number of rotatable bonds is 10. The SMILES string of the molecule is COc1cc(NC(=O)C(=O)NC(C)(C)CCOc2ccc(C=CC(C)=O)cc2)ccc1-c1cnco1. The Morgan fingerprint density at radius 3 is 2.47 bits per heavy atom. The van der Waals surface area contributed by atoms with Crippen LogP contribution in [0.15, 0.2) is 65.5 Å². The second kappa shape index (κ2) is 11.8. The number of carbonyl (C=O) groups is 3. The van der Waals surface area contributed by atoms with Gasteiger partial charge in [0, 0.05) is 23.7 Å². The first-order chi connectivity index (χ1) is 17.2. The molecule has 0 atom stereocenters. The zero-order chi connectivity index (χ0) is 26.1. The average molecular weight is 492 g/mol. The lowest BCUT2D eigenvalue weighted by molar-refractivity contribution is -0.137. The highest BCUT2D eigenvalue weighted by Gasteiger charge is 2.25. The van der Waals surface area contributed by atoms with Crippen LogP contribution in [-0.2, 0) is 14.4 Å². The van der Waals surface area contributed by atoms with E-state index in [0.717, 1.165) is 5.56 Å². The number of methoxy groups -OCH3 is 1. The van der Waals surface area contributed by atoms with Crippen LogP contribution < -0.4 is 20.1 Å². The first kappa shape index (κ1) is 26.2. The molecule has 0 saturated carbocycles. The van der Waals surface area contributed by atoms with Gasteiger partial charge in [0.25, 0.3) is 0 Å². The van der Waals surface area contributed by atoms with Crippen LogP contribution in [0.4, 0.5) is 5.69 Å². The molecule has 9 nitrogen and oxygen atoms in total. The van der Waals surface area contributed by atoms with Crippen LogP contribution in [0.2, 0.25) is 0 Å². The number of oxazole rings is 1. The number of carbonyl (C=O) groups excluding carboxylic acids is 3. The van der Waals surface area contributed by atoms with E-state index in [0.29, 0.717) is 41.5 Å². The summed E-state index contributed by atoms with van der Waals surface area (Å²) >= 11 is 0. The predicted molar refractivity (Wildman–Crippen MR) is 136 cm³/mol. The third-order valence-electron chi connectivity index (χ3n) is 5.20. The summed E-state index contributed by atoms with van der Waals surface area (Å²) in [5.74, 6) is 0.0661. The van der Waals surface area contributed by atoms with Crippen LogP contribution in [0, 0.1) is 0 Å². The molecule has 9 heteroatoms. The summed E-state index contributed by atoms with van der Waals surface area (Å²) in [5.41, 5.74) is 1.27. The minimum atomic E-state index is -0.798. The van der Waals surface area contributed by atoms with Crippen LogP contribution in [0.3, 0.4) is 0 Å². The van der Waals surface area contributed by atoms with Crippen molar-refractivity contribution in [1.82, 2.24) is 10.3 Å². The largest absolute Gasteiger partial charge is 0.496 e. The van der Waals surface area contributed by atoms with Crippen molar-refractivity contribution in [3.8, 4) is 22.8 Å². The number of allylic oxidation sites excluding steroid dienone is 1. The molecule has 2 aromatic carbocycles. The standard InChI is InChI=1S/C27H29N3O6/c1-18(31)5-6-19-7-10-21(11-8-19)35-14-13-27(2,3)30-26(33)25(32)29-20-9-12-22(23(15-20)34-4)24-16-28-17-36-24/h5-12,15-17H,13-14H2,1-4H3,(H,29,32)(H,30,33). The summed E-state index contributed by atoms with van der Waals surface area (Å²) in [7, 11) is 1.50. The maximum atomic E-state index is 12.5. The van der Waals surface area contributed by atoms with Crippen LogP contribution in [0.1, 0.15) is 32.8 Å². The van der Waals surface area contributed by atoms with Gasteiger partial charge >= 0.3 is 11.8 Å². The molecule has 0 unspecified atom stereocenters. The molecule has 0 radical (unpaired) electrons. The topological polar surface area (TPSA) is 120 Å². The molecule has 0 aliphatic heterocycles. The smallest absolute Gasteiger partial charge is 0.313 e. The zero-order valence-corrected chi connectivity index (χ0v) is 20.7. The number of hydrogen-bond acceptors (Lipinski definition) is 7. The van der Waals surface area contributed by atoms with Crippen molar-refractivity contribution < 1.29 is 28.3 Å². The van der Waals surface area contributed by atoms with Gasteiger partial charge in [0.05, 0.1) is 25.5 Å². The maximum absolute atomic E-state index is 12.5. The summed E-state index contributed by atoms with van der Waals surface area (Å²) in [4.78, 5) is 39.9. The minimum Gasteiger partial charge on any atom is -0.496 e. The molecule has 0 aliphatic carbocycles. The van der Waals surface area contributed by atoms with Gasteiger partial charge in [-0.2, -0.15) is 0 Å². The summed E-state index contributed by atoms with van der Waals surface area (Å²) in [6.45, 7) is 5.45. The Kier molecular flexibility index (Phi) is 8.61. The highest BCUT2D eigenvalue weighted by atomic mass is 16.5. The van der Waals surface area contributed by atoms with E-state index in [1.807, 2.05) is 26.0 Å². The Hall–Kier alpha value is -4.40. The second-order valence-electron chi connectivity index (χ2n) is 8.68. The molecule has 1 aromatic heterocycles. The van der Waals surface area contributed by atoms with Crippen molar-refractivity contribution in [1.29, 1.82) is 0 Å². The van der Waals surface area contributed by atoms with Gasteiger partial charge in [0.1, 0.15) is 11.5 Å². The Morgan fingerprint density at radius 2 is 1.83 bits per heavy atom. The molecule has 188 valence electrons. The molecule has 1 heterocycles. The van der Waals surface area contributed by atoms with E-state index in [1.165, 1.54) is 26.5 Å². The Balaban J connectivity index is 1.50. The molecule has 0 fully saturated rings. The van der Waals surface area contributed by atoms with E-state index in [-0.39, 0.29) is 5.78 Å². The lowest BCUT2D eigenvalue weighted by Gasteiger charge is -2.26. The van der Waals surface area contributed by atoms with Gasteiger partial charge in [0.15, 0.2) is 17.9 Å². The quantitative estimate of drug-likeness (QED) is 0.321.